The Bertz CT molecular complexity index is 291. The number of rotatable bonds is 6. The molecule has 2 heteroatoms. The normalized spacial score (nSPS) is 10.6. The summed E-state index contributed by atoms with van der Waals surface area (Å²) in [6.45, 7) is 4.35. The lowest BCUT2D eigenvalue weighted by molar-refractivity contribution is 0.102. The van der Waals surface area contributed by atoms with Gasteiger partial charge < -0.3 is 0 Å². The van der Waals surface area contributed by atoms with Crippen LogP contribution >= 0.6 is 11.8 Å². The van der Waals surface area contributed by atoms with Crippen molar-refractivity contribution < 1.29 is 4.79 Å². The molecule has 0 amide bonds. The molecule has 0 N–H and O–H groups in total. The molecular formula is C13H18OS. The summed E-state index contributed by atoms with van der Waals surface area (Å²) >= 11 is 1.77. The van der Waals surface area contributed by atoms with Gasteiger partial charge in [-0.05, 0) is 12.8 Å². The van der Waals surface area contributed by atoms with E-state index in [2.05, 4.69) is 13.8 Å². The van der Waals surface area contributed by atoms with E-state index in [1.54, 1.807) is 11.8 Å². The molecule has 0 radical (unpaired) electrons. The fourth-order valence-electron chi connectivity index (χ4n) is 1.43. The lowest BCUT2D eigenvalue weighted by atomic mass is 10.2. The highest BCUT2D eigenvalue weighted by Crippen LogP contribution is 2.18. The van der Waals surface area contributed by atoms with Crippen LogP contribution in [0.4, 0.5) is 0 Å². The van der Waals surface area contributed by atoms with E-state index in [-0.39, 0.29) is 5.78 Å². The molecule has 1 aromatic carbocycles. The number of ketones is 1. The third kappa shape index (κ3) is 4.08. The molecule has 0 bridgehead atoms. The maximum atomic E-state index is 11.8. The van der Waals surface area contributed by atoms with E-state index in [0.29, 0.717) is 11.0 Å². The summed E-state index contributed by atoms with van der Waals surface area (Å²) in [4.78, 5) is 11.8. The Morgan fingerprint density at radius 3 is 2.33 bits per heavy atom. The first-order valence-corrected chi connectivity index (χ1v) is 6.52. The van der Waals surface area contributed by atoms with Crippen LogP contribution in [0.1, 0.15) is 37.0 Å². The Hall–Kier alpha value is -0.760. The molecule has 0 aliphatic heterocycles. The van der Waals surface area contributed by atoms with Crippen molar-refractivity contribution in [2.24, 2.45) is 0 Å². The summed E-state index contributed by atoms with van der Waals surface area (Å²) in [5.74, 6) is 0.851. The first kappa shape index (κ1) is 12.3. The second-order valence-corrected chi connectivity index (χ2v) is 4.83. The van der Waals surface area contributed by atoms with E-state index < -0.39 is 0 Å². The van der Waals surface area contributed by atoms with E-state index in [1.165, 1.54) is 0 Å². The van der Waals surface area contributed by atoms with Gasteiger partial charge >= 0.3 is 0 Å². The van der Waals surface area contributed by atoms with Crippen LogP contribution in [0.5, 0.6) is 0 Å². The quantitative estimate of drug-likeness (QED) is 0.681. The highest BCUT2D eigenvalue weighted by Gasteiger charge is 2.09. The molecule has 0 aliphatic carbocycles. The molecule has 1 rings (SSSR count). The molecule has 15 heavy (non-hydrogen) atoms. The average Bonchev–Trinajstić information content (AvgIpc) is 2.31. The van der Waals surface area contributed by atoms with Crippen LogP contribution in [0.3, 0.4) is 0 Å². The Balaban J connectivity index is 2.43. The molecule has 0 spiro atoms. The van der Waals surface area contributed by atoms with Crippen molar-refractivity contribution in [1.82, 2.24) is 0 Å². The Kier molecular flexibility index (Phi) is 5.48. The number of carbonyl (C=O) groups excluding carboxylic acids is 1. The zero-order valence-corrected chi connectivity index (χ0v) is 10.2. The SMILES string of the molecule is CCC(CC)SCC(=O)c1ccccc1. The molecule has 0 unspecified atom stereocenters. The van der Waals surface area contributed by atoms with Gasteiger partial charge in [0.1, 0.15) is 0 Å². The van der Waals surface area contributed by atoms with Crippen LogP contribution in [-0.2, 0) is 0 Å². The Morgan fingerprint density at radius 1 is 1.20 bits per heavy atom. The monoisotopic (exact) mass is 222 g/mol. The van der Waals surface area contributed by atoms with Crippen LogP contribution in [0.15, 0.2) is 30.3 Å². The largest absolute Gasteiger partial charge is 0.293 e. The van der Waals surface area contributed by atoms with Crippen molar-refractivity contribution in [2.45, 2.75) is 31.9 Å². The maximum absolute atomic E-state index is 11.8. The first-order chi connectivity index (χ1) is 7.27. The molecule has 0 saturated carbocycles. The first-order valence-electron chi connectivity index (χ1n) is 5.47. The van der Waals surface area contributed by atoms with Gasteiger partial charge in [0.15, 0.2) is 5.78 Å². The molecule has 0 aromatic heterocycles. The predicted molar refractivity (Wildman–Crippen MR) is 67.6 cm³/mol. The summed E-state index contributed by atoms with van der Waals surface area (Å²) in [5, 5.41) is 0.623. The Labute approximate surface area is 96.3 Å². The lowest BCUT2D eigenvalue weighted by Gasteiger charge is -2.10. The second-order valence-electron chi connectivity index (χ2n) is 3.54. The van der Waals surface area contributed by atoms with Crippen molar-refractivity contribution in [3.8, 4) is 0 Å². The highest BCUT2D eigenvalue weighted by atomic mass is 32.2. The van der Waals surface area contributed by atoms with Gasteiger partial charge in [0.2, 0.25) is 0 Å². The minimum absolute atomic E-state index is 0.243. The van der Waals surface area contributed by atoms with Gasteiger partial charge in [-0.3, -0.25) is 4.79 Å². The second kappa shape index (κ2) is 6.67. The molecule has 0 atom stereocenters. The van der Waals surface area contributed by atoms with E-state index in [0.717, 1.165) is 18.4 Å². The van der Waals surface area contributed by atoms with Crippen LogP contribution in [0, 0.1) is 0 Å². The minimum atomic E-state index is 0.243. The van der Waals surface area contributed by atoms with Crippen LogP contribution in [0.25, 0.3) is 0 Å². The number of benzene rings is 1. The third-order valence-electron chi connectivity index (χ3n) is 2.46. The summed E-state index contributed by atoms with van der Waals surface area (Å²) in [5.41, 5.74) is 0.830. The van der Waals surface area contributed by atoms with E-state index in [9.17, 15) is 4.79 Å². The molecule has 82 valence electrons. The van der Waals surface area contributed by atoms with Crippen molar-refractivity contribution in [2.75, 3.05) is 5.75 Å². The van der Waals surface area contributed by atoms with Crippen molar-refractivity contribution in [3.63, 3.8) is 0 Å². The van der Waals surface area contributed by atoms with Gasteiger partial charge in [-0.15, -0.1) is 0 Å². The zero-order chi connectivity index (χ0) is 11.1. The third-order valence-corrected chi connectivity index (χ3v) is 4.02. The summed E-state index contributed by atoms with van der Waals surface area (Å²) in [6.07, 6.45) is 2.28. The summed E-state index contributed by atoms with van der Waals surface area (Å²) in [7, 11) is 0. The topological polar surface area (TPSA) is 17.1 Å². The molecule has 0 fully saturated rings. The zero-order valence-electron chi connectivity index (χ0n) is 9.40. The van der Waals surface area contributed by atoms with Crippen LogP contribution in [-0.4, -0.2) is 16.8 Å². The van der Waals surface area contributed by atoms with Gasteiger partial charge in [0.25, 0.3) is 0 Å². The molecule has 0 saturated heterocycles. The predicted octanol–water partition coefficient (Wildman–Crippen LogP) is 3.79. The smallest absolute Gasteiger partial charge is 0.172 e. The molecular weight excluding hydrogens is 204 g/mol. The highest BCUT2D eigenvalue weighted by molar-refractivity contribution is 8.00. The maximum Gasteiger partial charge on any atom is 0.172 e. The van der Waals surface area contributed by atoms with E-state index in [4.69, 9.17) is 0 Å². The molecule has 1 aromatic rings. The summed E-state index contributed by atoms with van der Waals surface area (Å²) < 4.78 is 0. The molecule has 0 heterocycles. The van der Waals surface area contributed by atoms with Gasteiger partial charge in [0, 0.05) is 10.8 Å². The van der Waals surface area contributed by atoms with Crippen molar-refractivity contribution >= 4 is 17.5 Å². The number of hydrogen-bond donors (Lipinski definition) is 0. The van der Waals surface area contributed by atoms with E-state index in [1.807, 2.05) is 30.3 Å². The molecule has 1 nitrogen and oxygen atoms in total. The van der Waals surface area contributed by atoms with Crippen LogP contribution < -0.4 is 0 Å². The fourth-order valence-corrected chi connectivity index (χ4v) is 2.45. The number of hydrogen-bond acceptors (Lipinski definition) is 2. The lowest BCUT2D eigenvalue weighted by Crippen LogP contribution is -2.07. The molecule has 0 aliphatic rings. The van der Waals surface area contributed by atoms with Gasteiger partial charge in [-0.2, -0.15) is 11.8 Å². The van der Waals surface area contributed by atoms with Gasteiger partial charge in [-0.1, -0.05) is 44.2 Å². The standard InChI is InChI=1S/C13H18OS/c1-3-12(4-2)15-10-13(14)11-8-6-5-7-9-11/h5-9,12H,3-4,10H2,1-2H3. The van der Waals surface area contributed by atoms with Crippen LogP contribution in [0.2, 0.25) is 0 Å². The fraction of sp³-hybridized carbons (Fsp3) is 0.462. The number of Topliss-reactive ketones (excluding diaryl/α,β-unsaturated/α-hetero) is 1. The van der Waals surface area contributed by atoms with Gasteiger partial charge in [-0.25, -0.2) is 0 Å². The Morgan fingerprint density at radius 2 is 1.80 bits per heavy atom. The number of thioether (sulfide) groups is 1. The average molecular weight is 222 g/mol. The van der Waals surface area contributed by atoms with Crippen molar-refractivity contribution in [1.29, 1.82) is 0 Å². The summed E-state index contributed by atoms with van der Waals surface area (Å²) in [6, 6.07) is 9.53. The van der Waals surface area contributed by atoms with Gasteiger partial charge in [0.05, 0.1) is 5.75 Å². The van der Waals surface area contributed by atoms with Crippen molar-refractivity contribution in [3.05, 3.63) is 35.9 Å². The number of carbonyl (C=O) groups is 1. The minimum Gasteiger partial charge on any atom is -0.293 e. The van der Waals surface area contributed by atoms with E-state index >= 15 is 0 Å².